The highest BCUT2D eigenvalue weighted by molar-refractivity contribution is 6.47. The number of benzene rings is 1. The average Bonchev–Trinajstić information content (AvgIpc) is 2.75. The van der Waals surface area contributed by atoms with Crippen molar-refractivity contribution < 1.29 is 10.7 Å². The molecule has 1 heterocycles. The van der Waals surface area contributed by atoms with Crippen LogP contribution < -0.4 is 0 Å². The molecule has 3 heteroatoms. The summed E-state index contributed by atoms with van der Waals surface area (Å²) < 4.78 is 20.7. The summed E-state index contributed by atoms with van der Waals surface area (Å²) in [5.74, 6) is 0.0272. The second kappa shape index (κ2) is 7.68. The molecule has 1 aliphatic rings. The standard InChI is InChI=1S/C20H31BO2/c1-6-12-18(21-22-19(2,3)20(4,5)23-21)16-11-10-15-17-13-8-7-9-14-17/h6-9,13-14,18H,1,10-12,15-16H2,2-5H3/i12D. The topological polar surface area (TPSA) is 18.5 Å². The summed E-state index contributed by atoms with van der Waals surface area (Å²) in [4.78, 5) is 0. The van der Waals surface area contributed by atoms with Gasteiger partial charge >= 0.3 is 7.12 Å². The molecule has 1 aromatic rings. The summed E-state index contributed by atoms with van der Waals surface area (Å²) in [5.41, 5.74) is 0.678. The lowest BCUT2D eigenvalue weighted by molar-refractivity contribution is 0.00578. The van der Waals surface area contributed by atoms with Gasteiger partial charge in [0.15, 0.2) is 0 Å². The summed E-state index contributed by atoms with van der Waals surface area (Å²) in [6, 6.07) is 10.6. The molecule has 0 amide bonds. The molecular weight excluding hydrogens is 283 g/mol. The van der Waals surface area contributed by atoms with E-state index in [0.717, 1.165) is 25.7 Å². The van der Waals surface area contributed by atoms with Crippen molar-refractivity contribution in [3.05, 3.63) is 48.6 Å². The molecule has 23 heavy (non-hydrogen) atoms. The zero-order valence-corrected chi connectivity index (χ0v) is 15.0. The van der Waals surface area contributed by atoms with E-state index in [0.29, 0.717) is 0 Å². The Hall–Kier alpha value is -1.06. The Balaban J connectivity index is 1.91. The molecule has 0 aliphatic carbocycles. The highest BCUT2D eigenvalue weighted by Gasteiger charge is 2.53. The van der Waals surface area contributed by atoms with Crippen LogP contribution >= 0.6 is 0 Å². The van der Waals surface area contributed by atoms with Crippen LogP contribution in [0.3, 0.4) is 0 Å². The lowest BCUT2D eigenvalue weighted by atomic mass is 9.67. The lowest BCUT2D eigenvalue weighted by Gasteiger charge is -2.32. The highest BCUT2D eigenvalue weighted by Crippen LogP contribution is 2.42. The molecule has 1 aliphatic heterocycles. The van der Waals surface area contributed by atoms with Crippen LogP contribution in [0.15, 0.2) is 43.0 Å². The van der Waals surface area contributed by atoms with Gasteiger partial charge in [-0.25, -0.2) is 0 Å². The minimum atomic E-state index is -0.364. The van der Waals surface area contributed by atoms with Crippen LogP contribution in [-0.4, -0.2) is 18.3 Å². The van der Waals surface area contributed by atoms with E-state index in [1.54, 1.807) is 6.08 Å². The van der Waals surface area contributed by atoms with Gasteiger partial charge in [0.2, 0.25) is 0 Å². The van der Waals surface area contributed by atoms with Crippen LogP contribution in [0.4, 0.5) is 0 Å². The molecule has 0 spiro atoms. The van der Waals surface area contributed by atoms with E-state index in [9.17, 15) is 0 Å². The smallest absolute Gasteiger partial charge is 0.403 e. The van der Waals surface area contributed by atoms with Crippen molar-refractivity contribution >= 4 is 7.12 Å². The number of rotatable bonds is 8. The predicted molar refractivity (Wildman–Crippen MR) is 98.6 cm³/mol. The van der Waals surface area contributed by atoms with E-state index in [1.165, 1.54) is 5.56 Å². The van der Waals surface area contributed by atoms with E-state index >= 15 is 0 Å². The van der Waals surface area contributed by atoms with E-state index < -0.39 is 0 Å². The van der Waals surface area contributed by atoms with Gasteiger partial charge in [-0.3, -0.25) is 0 Å². The zero-order chi connectivity index (χ0) is 17.8. The normalized spacial score (nSPS) is 22.4. The summed E-state index contributed by atoms with van der Waals surface area (Å²) in [6.07, 6.45) is 5.51. The maximum absolute atomic E-state index is 8.32. The minimum Gasteiger partial charge on any atom is -0.403 e. The number of aryl methyl sites for hydroxylation is 1. The first-order valence-corrected chi connectivity index (χ1v) is 8.71. The van der Waals surface area contributed by atoms with Gasteiger partial charge in [-0.15, -0.1) is 6.58 Å². The first-order chi connectivity index (χ1) is 11.3. The second-order valence-corrected chi connectivity index (χ2v) is 7.45. The summed E-state index contributed by atoms with van der Waals surface area (Å²) in [5, 5.41) is 0. The van der Waals surface area contributed by atoms with Gasteiger partial charge in [0.25, 0.3) is 0 Å². The molecule has 2 unspecified atom stereocenters. The summed E-state index contributed by atoms with van der Waals surface area (Å²) in [6.45, 7) is 12.1. The minimum absolute atomic E-state index is 0.0272. The second-order valence-electron chi connectivity index (χ2n) is 7.45. The van der Waals surface area contributed by atoms with Gasteiger partial charge in [-0.1, -0.05) is 49.2 Å². The number of hydrogen-bond acceptors (Lipinski definition) is 2. The fourth-order valence-electron chi connectivity index (χ4n) is 2.92. The van der Waals surface area contributed by atoms with Gasteiger partial charge in [-0.05, 0) is 58.3 Å². The van der Waals surface area contributed by atoms with Crippen LogP contribution in [-0.2, 0) is 15.7 Å². The molecule has 0 saturated carbocycles. The van der Waals surface area contributed by atoms with Crippen molar-refractivity contribution in [2.45, 2.75) is 76.8 Å². The first-order valence-electron chi connectivity index (χ1n) is 9.29. The predicted octanol–water partition coefficient (Wildman–Crippen LogP) is 5.44. The molecular formula is C20H31BO2. The van der Waals surface area contributed by atoms with E-state index in [-0.39, 0.29) is 30.5 Å². The Bertz CT molecular complexity index is 514. The maximum atomic E-state index is 8.32. The Kier molecular flexibility index (Phi) is 5.60. The van der Waals surface area contributed by atoms with Crippen molar-refractivity contribution in [2.24, 2.45) is 0 Å². The molecule has 0 aromatic heterocycles. The number of allylic oxidation sites excluding steroid dienone is 1. The number of unbranched alkanes of at least 4 members (excludes halogenated alkanes) is 1. The van der Waals surface area contributed by atoms with Gasteiger partial charge in [0.1, 0.15) is 0 Å². The monoisotopic (exact) mass is 315 g/mol. The Labute approximate surface area is 143 Å². The molecule has 0 bridgehead atoms. The highest BCUT2D eigenvalue weighted by atomic mass is 16.7. The van der Waals surface area contributed by atoms with Crippen LogP contribution in [0.25, 0.3) is 0 Å². The van der Waals surface area contributed by atoms with Crippen LogP contribution in [0.1, 0.15) is 60.3 Å². The van der Waals surface area contributed by atoms with Crippen molar-refractivity contribution in [3.8, 4) is 0 Å². The van der Waals surface area contributed by atoms with Crippen molar-refractivity contribution in [1.82, 2.24) is 0 Å². The number of hydrogen-bond donors (Lipinski definition) is 0. The van der Waals surface area contributed by atoms with E-state index in [4.69, 9.17) is 10.7 Å². The van der Waals surface area contributed by atoms with E-state index in [2.05, 4.69) is 58.5 Å². The summed E-state index contributed by atoms with van der Waals surface area (Å²) in [7, 11) is -0.327. The largest absolute Gasteiger partial charge is 0.461 e. The van der Waals surface area contributed by atoms with Gasteiger partial charge in [0, 0.05) is 1.37 Å². The summed E-state index contributed by atoms with van der Waals surface area (Å²) >= 11 is 0. The molecule has 0 N–H and O–H groups in total. The van der Waals surface area contributed by atoms with Gasteiger partial charge in [-0.2, -0.15) is 0 Å². The fraction of sp³-hybridized carbons (Fsp3) is 0.600. The Morgan fingerprint density at radius 3 is 2.30 bits per heavy atom. The van der Waals surface area contributed by atoms with Gasteiger partial charge in [0.05, 0.1) is 11.2 Å². The lowest BCUT2D eigenvalue weighted by Crippen LogP contribution is -2.41. The molecule has 2 nitrogen and oxygen atoms in total. The fourth-order valence-corrected chi connectivity index (χ4v) is 2.92. The van der Waals surface area contributed by atoms with Crippen LogP contribution in [0.2, 0.25) is 5.82 Å². The van der Waals surface area contributed by atoms with Crippen molar-refractivity contribution in [1.29, 1.82) is 0 Å². The van der Waals surface area contributed by atoms with Gasteiger partial charge < -0.3 is 9.31 Å². The third kappa shape index (κ3) is 4.71. The maximum Gasteiger partial charge on any atom is 0.461 e. The zero-order valence-electron chi connectivity index (χ0n) is 16.0. The molecule has 0 radical (unpaired) electrons. The Morgan fingerprint density at radius 2 is 1.74 bits per heavy atom. The third-order valence-corrected chi connectivity index (χ3v) is 5.10. The van der Waals surface area contributed by atoms with Crippen LogP contribution in [0, 0.1) is 0 Å². The van der Waals surface area contributed by atoms with Crippen LogP contribution in [0.5, 0.6) is 0 Å². The molecule has 1 saturated heterocycles. The Morgan fingerprint density at radius 1 is 1.13 bits per heavy atom. The molecule has 1 aromatic carbocycles. The molecule has 2 rings (SSSR count). The molecule has 126 valence electrons. The quantitative estimate of drug-likeness (QED) is 0.361. The van der Waals surface area contributed by atoms with Crippen molar-refractivity contribution in [2.75, 3.05) is 0 Å². The SMILES string of the molecule is [2H]C(C=C)C(CCCCc1ccccc1)B1OC(C)(C)C(C)(C)O1. The average molecular weight is 315 g/mol. The van der Waals surface area contributed by atoms with E-state index in [1.807, 2.05) is 6.07 Å². The first kappa shape index (κ1) is 16.8. The third-order valence-electron chi connectivity index (χ3n) is 5.10. The molecule has 1 fully saturated rings. The molecule has 2 atom stereocenters. The van der Waals surface area contributed by atoms with Crippen molar-refractivity contribution in [3.63, 3.8) is 0 Å².